The fourth-order valence-electron chi connectivity index (χ4n) is 3.44. The molecule has 1 N–H and O–H groups in total. The molecule has 0 spiro atoms. The highest BCUT2D eigenvalue weighted by Gasteiger charge is 2.18. The lowest BCUT2D eigenvalue weighted by Crippen LogP contribution is -2.47. The highest BCUT2D eigenvalue weighted by molar-refractivity contribution is 5.96. The van der Waals surface area contributed by atoms with Crippen LogP contribution < -0.4 is 0 Å². The molecule has 0 aliphatic carbocycles. The van der Waals surface area contributed by atoms with E-state index in [0.29, 0.717) is 18.7 Å². The van der Waals surface area contributed by atoms with Gasteiger partial charge in [0.05, 0.1) is 5.84 Å². The molecule has 1 fully saturated rings. The van der Waals surface area contributed by atoms with E-state index < -0.39 is 0 Å². The molecule has 5 heteroatoms. The van der Waals surface area contributed by atoms with Crippen molar-refractivity contribution in [3.8, 4) is 0 Å². The summed E-state index contributed by atoms with van der Waals surface area (Å²) < 4.78 is 0. The topological polar surface area (TPSA) is 60.3 Å². The van der Waals surface area contributed by atoms with E-state index in [1.54, 1.807) is 0 Å². The summed E-state index contributed by atoms with van der Waals surface area (Å²) >= 11 is 0. The van der Waals surface area contributed by atoms with Gasteiger partial charge < -0.3 is 4.90 Å². The van der Waals surface area contributed by atoms with Crippen LogP contribution in [-0.2, 0) is 13.0 Å². The SMILES string of the molecule is CC(=N)N1CCN(Cc2cccnc2CCC(=O)c2ccc(C)cc2)CC1. The summed E-state index contributed by atoms with van der Waals surface area (Å²) in [6.45, 7) is 8.43. The molecular formula is C22H28N4O. The van der Waals surface area contributed by atoms with E-state index in [1.807, 2.05) is 50.4 Å². The Morgan fingerprint density at radius 2 is 1.81 bits per heavy atom. The largest absolute Gasteiger partial charge is 0.358 e. The van der Waals surface area contributed by atoms with E-state index in [0.717, 1.165) is 49.5 Å². The number of Topliss-reactive ketones (excluding diaryl/α,β-unsaturated/α-hetero) is 1. The Morgan fingerprint density at radius 3 is 2.48 bits per heavy atom. The Balaban J connectivity index is 1.58. The molecule has 0 amide bonds. The van der Waals surface area contributed by atoms with Crippen LogP contribution in [0.5, 0.6) is 0 Å². The van der Waals surface area contributed by atoms with Gasteiger partial charge in [0.2, 0.25) is 0 Å². The predicted octanol–water partition coefficient (Wildman–Crippen LogP) is 3.32. The van der Waals surface area contributed by atoms with Crippen LogP contribution in [0, 0.1) is 12.3 Å². The number of amidine groups is 1. The third-order valence-electron chi connectivity index (χ3n) is 5.19. The summed E-state index contributed by atoms with van der Waals surface area (Å²) in [7, 11) is 0. The van der Waals surface area contributed by atoms with Gasteiger partial charge in [-0.2, -0.15) is 0 Å². The number of benzene rings is 1. The highest BCUT2D eigenvalue weighted by atomic mass is 16.1. The van der Waals surface area contributed by atoms with Gasteiger partial charge in [0.15, 0.2) is 5.78 Å². The zero-order valence-electron chi connectivity index (χ0n) is 16.2. The number of carbonyl (C=O) groups excluding carboxylic acids is 1. The number of hydrogen-bond donors (Lipinski definition) is 1. The van der Waals surface area contributed by atoms with Gasteiger partial charge in [0.1, 0.15) is 0 Å². The van der Waals surface area contributed by atoms with Crippen molar-refractivity contribution in [3.05, 3.63) is 65.0 Å². The first-order valence-corrected chi connectivity index (χ1v) is 9.58. The van der Waals surface area contributed by atoms with E-state index in [2.05, 4.69) is 20.9 Å². The third-order valence-corrected chi connectivity index (χ3v) is 5.19. The molecule has 0 atom stereocenters. The second-order valence-corrected chi connectivity index (χ2v) is 7.25. The maximum Gasteiger partial charge on any atom is 0.163 e. The summed E-state index contributed by atoms with van der Waals surface area (Å²) in [5.41, 5.74) is 4.16. The number of carbonyl (C=O) groups is 1. The maximum absolute atomic E-state index is 12.5. The number of ketones is 1. The van der Waals surface area contributed by atoms with E-state index >= 15 is 0 Å². The van der Waals surface area contributed by atoms with Crippen LogP contribution >= 0.6 is 0 Å². The molecule has 3 rings (SSSR count). The van der Waals surface area contributed by atoms with E-state index in [1.165, 1.54) is 5.56 Å². The van der Waals surface area contributed by atoms with Gasteiger partial charge in [0, 0.05) is 56.6 Å². The van der Waals surface area contributed by atoms with Gasteiger partial charge in [-0.05, 0) is 31.9 Å². The Hall–Kier alpha value is -2.53. The normalized spacial score (nSPS) is 15.0. The number of aromatic nitrogens is 1. The molecule has 2 heterocycles. The first kappa shape index (κ1) is 19.2. The first-order valence-electron chi connectivity index (χ1n) is 9.58. The van der Waals surface area contributed by atoms with E-state index in [-0.39, 0.29) is 5.78 Å². The Bertz CT molecular complexity index is 792. The number of nitrogens with zero attached hydrogens (tertiary/aromatic N) is 3. The minimum Gasteiger partial charge on any atom is -0.358 e. The lowest BCUT2D eigenvalue weighted by molar-refractivity contribution is 0.0982. The maximum atomic E-state index is 12.5. The van der Waals surface area contributed by atoms with Gasteiger partial charge in [0.25, 0.3) is 0 Å². The van der Waals surface area contributed by atoms with Crippen LogP contribution in [0.15, 0.2) is 42.6 Å². The van der Waals surface area contributed by atoms with Crippen molar-refractivity contribution in [1.82, 2.24) is 14.8 Å². The van der Waals surface area contributed by atoms with Crippen LogP contribution in [0.4, 0.5) is 0 Å². The Morgan fingerprint density at radius 1 is 1.11 bits per heavy atom. The fourth-order valence-corrected chi connectivity index (χ4v) is 3.44. The molecule has 0 saturated carbocycles. The lowest BCUT2D eigenvalue weighted by Gasteiger charge is -2.35. The summed E-state index contributed by atoms with van der Waals surface area (Å²) in [5, 5.41) is 7.75. The number of pyridine rings is 1. The van der Waals surface area contributed by atoms with Crippen molar-refractivity contribution in [2.75, 3.05) is 26.2 Å². The molecule has 0 radical (unpaired) electrons. The van der Waals surface area contributed by atoms with Gasteiger partial charge in [-0.3, -0.25) is 20.1 Å². The van der Waals surface area contributed by atoms with Crippen molar-refractivity contribution in [1.29, 1.82) is 5.41 Å². The van der Waals surface area contributed by atoms with Gasteiger partial charge in [-0.15, -0.1) is 0 Å². The molecule has 5 nitrogen and oxygen atoms in total. The van der Waals surface area contributed by atoms with Crippen LogP contribution in [0.2, 0.25) is 0 Å². The molecule has 1 aromatic heterocycles. The van der Waals surface area contributed by atoms with Crippen molar-refractivity contribution in [2.24, 2.45) is 0 Å². The number of nitrogens with one attached hydrogen (secondary N) is 1. The average molecular weight is 364 g/mol. The van der Waals surface area contributed by atoms with Crippen LogP contribution in [0.25, 0.3) is 0 Å². The zero-order chi connectivity index (χ0) is 19.2. The molecule has 2 aromatic rings. The van der Waals surface area contributed by atoms with Crippen LogP contribution in [0.3, 0.4) is 0 Å². The van der Waals surface area contributed by atoms with Crippen LogP contribution in [-0.4, -0.2) is 52.6 Å². The molecule has 27 heavy (non-hydrogen) atoms. The van der Waals surface area contributed by atoms with Crippen molar-refractivity contribution < 1.29 is 4.79 Å². The molecular weight excluding hydrogens is 336 g/mol. The van der Waals surface area contributed by atoms with Crippen molar-refractivity contribution in [3.63, 3.8) is 0 Å². The number of rotatable bonds is 6. The highest BCUT2D eigenvalue weighted by Crippen LogP contribution is 2.15. The molecule has 1 aliphatic heterocycles. The minimum absolute atomic E-state index is 0.168. The molecule has 0 bridgehead atoms. The summed E-state index contributed by atoms with van der Waals surface area (Å²) in [6, 6.07) is 11.9. The van der Waals surface area contributed by atoms with Crippen LogP contribution in [0.1, 0.15) is 40.5 Å². The van der Waals surface area contributed by atoms with E-state index in [9.17, 15) is 4.79 Å². The summed E-state index contributed by atoms with van der Waals surface area (Å²) in [6.07, 6.45) is 2.96. The molecule has 0 unspecified atom stereocenters. The number of hydrogen-bond acceptors (Lipinski definition) is 4. The number of piperazine rings is 1. The smallest absolute Gasteiger partial charge is 0.163 e. The van der Waals surface area contributed by atoms with Crippen molar-refractivity contribution >= 4 is 11.6 Å². The quantitative estimate of drug-likeness (QED) is 0.485. The fraction of sp³-hybridized carbons (Fsp3) is 0.409. The predicted molar refractivity (Wildman–Crippen MR) is 108 cm³/mol. The van der Waals surface area contributed by atoms with Crippen molar-refractivity contribution in [2.45, 2.75) is 33.2 Å². The molecule has 1 saturated heterocycles. The average Bonchev–Trinajstić information content (AvgIpc) is 2.68. The lowest BCUT2D eigenvalue weighted by atomic mass is 10.0. The Labute approximate surface area is 161 Å². The third kappa shape index (κ3) is 5.23. The second kappa shape index (κ2) is 8.91. The van der Waals surface area contributed by atoms with Gasteiger partial charge in [-0.1, -0.05) is 35.9 Å². The zero-order valence-corrected chi connectivity index (χ0v) is 16.2. The molecule has 142 valence electrons. The van der Waals surface area contributed by atoms with Gasteiger partial charge in [-0.25, -0.2) is 0 Å². The first-order chi connectivity index (χ1) is 13.0. The monoisotopic (exact) mass is 364 g/mol. The van der Waals surface area contributed by atoms with Gasteiger partial charge >= 0.3 is 0 Å². The summed E-state index contributed by atoms with van der Waals surface area (Å²) in [4.78, 5) is 21.5. The Kier molecular flexibility index (Phi) is 6.35. The standard InChI is InChI=1S/C22H28N4O/c1-17-5-7-19(8-6-17)22(27)10-9-21-20(4-3-11-24-21)16-25-12-14-26(15-13-25)18(2)23/h3-8,11,23H,9-10,12-16H2,1-2H3. The summed E-state index contributed by atoms with van der Waals surface area (Å²) in [5.74, 6) is 0.813. The second-order valence-electron chi connectivity index (χ2n) is 7.25. The number of aryl methyl sites for hydroxylation is 2. The molecule has 1 aliphatic rings. The molecule has 1 aromatic carbocycles. The minimum atomic E-state index is 0.168. The van der Waals surface area contributed by atoms with E-state index in [4.69, 9.17) is 5.41 Å².